The molecule has 0 amide bonds. The summed E-state index contributed by atoms with van der Waals surface area (Å²) in [7, 11) is -3.42. The molecule has 4 nitrogen and oxygen atoms in total. The van der Waals surface area contributed by atoms with Crippen LogP contribution in [0.5, 0.6) is 0 Å². The van der Waals surface area contributed by atoms with E-state index >= 15 is 0 Å². The maximum Gasteiger partial charge on any atom is 0.250 e. The van der Waals surface area contributed by atoms with E-state index in [4.69, 9.17) is 5.73 Å². The van der Waals surface area contributed by atoms with Crippen molar-refractivity contribution in [3.05, 3.63) is 17.0 Å². The lowest BCUT2D eigenvalue weighted by Crippen LogP contribution is -2.42. The quantitative estimate of drug-likeness (QED) is 0.835. The number of hydrogen-bond acceptors (Lipinski definition) is 4. The number of sulfonamides is 1. The zero-order chi connectivity index (χ0) is 13.1. The summed E-state index contributed by atoms with van der Waals surface area (Å²) in [6.07, 6.45) is 1.75. The summed E-state index contributed by atoms with van der Waals surface area (Å²) in [5.74, 6) is 0. The van der Waals surface area contributed by atoms with Gasteiger partial charge in [-0.1, -0.05) is 13.3 Å². The molecule has 0 spiro atoms. The van der Waals surface area contributed by atoms with Gasteiger partial charge in [-0.05, 0) is 32.4 Å². The number of nitrogens with two attached hydrogens (primary N) is 1. The lowest BCUT2D eigenvalue weighted by Gasteiger charge is -2.24. The van der Waals surface area contributed by atoms with Crippen molar-refractivity contribution in [1.29, 1.82) is 0 Å². The largest absolute Gasteiger partial charge is 0.326 e. The van der Waals surface area contributed by atoms with E-state index in [1.165, 1.54) is 11.3 Å². The molecule has 0 atom stereocenters. The molecule has 0 saturated carbocycles. The molecule has 3 N–H and O–H groups in total. The molecule has 0 unspecified atom stereocenters. The second-order valence-electron chi connectivity index (χ2n) is 4.66. The summed E-state index contributed by atoms with van der Waals surface area (Å²) in [5.41, 5.74) is 5.06. The molecule has 1 aromatic rings. The molecule has 0 radical (unpaired) electrons. The molecular formula is C11H20N2O2S2. The molecular weight excluding hydrogens is 256 g/mol. The molecule has 98 valence electrons. The average molecular weight is 276 g/mol. The van der Waals surface area contributed by atoms with Gasteiger partial charge in [0.05, 0.1) is 0 Å². The first-order valence-corrected chi connectivity index (χ1v) is 7.93. The first-order valence-electron chi connectivity index (χ1n) is 5.63. The van der Waals surface area contributed by atoms with Crippen LogP contribution in [0.25, 0.3) is 0 Å². The smallest absolute Gasteiger partial charge is 0.250 e. The van der Waals surface area contributed by atoms with Gasteiger partial charge in [-0.15, -0.1) is 11.3 Å². The highest BCUT2D eigenvalue weighted by Crippen LogP contribution is 2.23. The molecule has 1 heterocycles. The van der Waals surface area contributed by atoms with E-state index < -0.39 is 15.6 Å². The van der Waals surface area contributed by atoms with Crippen LogP contribution in [0.2, 0.25) is 0 Å². The third-order valence-corrected chi connectivity index (χ3v) is 5.69. The van der Waals surface area contributed by atoms with Gasteiger partial charge in [0.25, 0.3) is 10.0 Å². The molecule has 6 heteroatoms. The minimum atomic E-state index is -3.42. The Labute approximate surface area is 107 Å². The summed E-state index contributed by atoms with van der Waals surface area (Å²) in [4.78, 5) is 0.874. The average Bonchev–Trinajstić information content (AvgIpc) is 2.64. The summed E-state index contributed by atoms with van der Waals surface area (Å²) < 4.78 is 27.3. The van der Waals surface area contributed by atoms with E-state index in [1.807, 2.05) is 20.8 Å². The van der Waals surface area contributed by atoms with Crippen LogP contribution in [-0.2, 0) is 16.6 Å². The third-order valence-electron chi connectivity index (χ3n) is 2.39. The van der Waals surface area contributed by atoms with Crippen molar-refractivity contribution in [3.8, 4) is 0 Å². The van der Waals surface area contributed by atoms with Crippen molar-refractivity contribution < 1.29 is 8.42 Å². The molecule has 0 aliphatic carbocycles. The Morgan fingerprint density at radius 1 is 1.41 bits per heavy atom. The van der Waals surface area contributed by atoms with Crippen molar-refractivity contribution in [2.45, 2.75) is 49.9 Å². The van der Waals surface area contributed by atoms with E-state index in [0.29, 0.717) is 10.8 Å². The van der Waals surface area contributed by atoms with Crippen molar-refractivity contribution in [2.75, 3.05) is 0 Å². The van der Waals surface area contributed by atoms with Gasteiger partial charge in [-0.2, -0.15) is 0 Å². The second-order valence-corrected chi connectivity index (χ2v) is 7.74. The van der Waals surface area contributed by atoms with Crippen molar-refractivity contribution in [2.24, 2.45) is 5.73 Å². The first kappa shape index (κ1) is 14.6. The molecule has 0 aliphatic rings. The fourth-order valence-corrected chi connectivity index (χ4v) is 4.38. The van der Waals surface area contributed by atoms with Crippen LogP contribution in [-0.4, -0.2) is 14.0 Å². The third kappa shape index (κ3) is 4.06. The maximum absolute atomic E-state index is 12.1. The van der Waals surface area contributed by atoms with Crippen molar-refractivity contribution >= 4 is 21.4 Å². The van der Waals surface area contributed by atoms with Crippen molar-refractivity contribution in [1.82, 2.24) is 4.72 Å². The van der Waals surface area contributed by atoms with Gasteiger partial charge in [0.15, 0.2) is 0 Å². The van der Waals surface area contributed by atoms with Crippen LogP contribution < -0.4 is 10.5 Å². The van der Waals surface area contributed by atoms with Gasteiger partial charge in [0, 0.05) is 17.0 Å². The van der Waals surface area contributed by atoms with Crippen LogP contribution in [0.3, 0.4) is 0 Å². The summed E-state index contributed by atoms with van der Waals surface area (Å²) in [6, 6.07) is 3.36. The van der Waals surface area contributed by atoms with Gasteiger partial charge < -0.3 is 5.73 Å². The molecule has 0 aromatic carbocycles. The zero-order valence-electron chi connectivity index (χ0n) is 10.5. The highest BCUT2D eigenvalue weighted by molar-refractivity contribution is 7.91. The minimum absolute atomic E-state index is 0.335. The van der Waals surface area contributed by atoms with Crippen LogP contribution in [0.15, 0.2) is 16.3 Å². The number of hydrogen-bond donors (Lipinski definition) is 2. The molecule has 0 fully saturated rings. The molecule has 1 aromatic heterocycles. The molecule has 17 heavy (non-hydrogen) atoms. The predicted molar refractivity (Wildman–Crippen MR) is 71.5 cm³/mol. The number of thiophene rings is 1. The second kappa shape index (κ2) is 5.48. The van der Waals surface area contributed by atoms with Gasteiger partial charge >= 0.3 is 0 Å². The Morgan fingerprint density at radius 3 is 2.53 bits per heavy atom. The lowest BCUT2D eigenvalue weighted by atomic mass is 10.0. The summed E-state index contributed by atoms with van der Waals surface area (Å²) in [5, 5.41) is 0. The van der Waals surface area contributed by atoms with E-state index in [9.17, 15) is 8.42 Å². The number of nitrogens with one attached hydrogen (secondary N) is 1. The van der Waals surface area contributed by atoms with Gasteiger partial charge in [0.2, 0.25) is 0 Å². The van der Waals surface area contributed by atoms with Crippen molar-refractivity contribution in [3.63, 3.8) is 0 Å². The highest BCUT2D eigenvalue weighted by atomic mass is 32.2. The molecule has 0 bridgehead atoms. The van der Waals surface area contributed by atoms with Crippen LogP contribution in [0, 0.1) is 0 Å². The topological polar surface area (TPSA) is 72.2 Å². The molecule has 0 saturated heterocycles. The Morgan fingerprint density at radius 2 is 2.06 bits per heavy atom. The monoisotopic (exact) mass is 276 g/mol. The zero-order valence-corrected chi connectivity index (χ0v) is 12.1. The van der Waals surface area contributed by atoms with E-state index in [1.54, 1.807) is 12.1 Å². The molecule has 0 aliphatic heterocycles. The van der Waals surface area contributed by atoms with Gasteiger partial charge in [0.1, 0.15) is 4.21 Å². The fraction of sp³-hybridized carbons (Fsp3) is 0.636. The Kier molecular flexibility index (Phi) is 4.71. The minimum Gasteiger partial charge on any atom is -0.326 e. The van der Waals surface area contributed by atoms with E-state index in [0.717, 1.165) is 17.7 Å². The highest BCUT2D eigenvalue weighted by Gasteiger charge is 2.26. The van der Waals surface area contributed by atoms with Crippen LogP contribution in [0.1, 0.15) is 38.5 Å². The number of rotatable bonds is 6. The predicted octanol–water partition coefficient (Wildman–Crippen LogP) is 2.06. The van der Waals surface area contributed by atoms with E-state index in [-0.39, 0.29) is 0 Å². The van der Waals surface area contributed by atoms with Crippen LogP contribution >= 0.6 is 11.3 Å². The Hall–Kier alpha value is -0.430. The van der Waals surface area contributed by atoms with Gasteiger partial charge in [-0.25, -0.2) is 13.1 Å². The first-order chi connectivity index (χ1) is 7.80. The molecule has 1 rings (SSSR count). The lowest BCUT2D eigenvalue weighted by molar-refractivity contribution is 0.418. The fourth-order valence-electron chi connectivity index (χ4n) is 1.70. The SMILES string of the molecule is CCCC(C)(C)NS(=O)(=O)c1ccc(CN)s1. The van der Waals surface area contributed by atoms with E-state index in [2.05, 4.69) is 4.72 Å². The Bertz CT molecular complexity index is 464. The van der Waals surface area contributed by atoms with Gasteiger partial charge in [-0.3, -0.25) is 0 Å². The van der Waals surface area contributed by atoms with Crippen LogP contribution in [0.4, 0.5) is 0 Å². The standard InChI is InChI=1S/C11H20N2O2S2/c1-4-7-11(2,3)13-17(14,15)10-6-5-9(8-12)16-10/h5-6,13H,4,7-8,12H2,1-3H3. The summed E-state index contributed by atoms with van der Waals surface area (Å²) >= 11 is 1.22. The maximum atomic E-state index is 12.1. The normalized spacial score (nSPS) is 12.9. The summed E-state index contributed by atoms with van der Waals surface area (Å²) in [6.45, 7) is 6.20. The Balaban J connectivity index is 2.88.